The molecule has 0 bridgehead atoms. The van der Waals surface area contributed by atoms with Crippen LogP contribution in [0.4, 0.5) is 0 Å². The minimum atomic E-state index is 0.142. The lowest BCUT2D eigenvalue weighted by Gasteiger charge is -2.06. The van der Waals surface area contributed by atoms with E-state index in [9.17, 15) is 4.79 Å². The van der Waals surface area contributed by atoms with E-state index in [-0.39, 0.29) is 5.91 Å². The fourth-order valence-corrected chi connectivity index (χ4v) is 2.56. The van der Waals surface area contributed by atoms with E-state index >= 15 is 0 Å². The van der Waals surface area contributed by atoms with Crippen molar-refractivity contribution in [1.29, 1.82) is 0 Å². The summed E-state index contributed by atoms with van der Waals surface area (Å²) >= 11 is 0. The largest absolute Gasteiger partial charge is 0.497 e. The van der Waals surface area contributed by atoms with Crippen molar-refractivity contribution in [3.05, 3.63) is 59.9 Å². The van der Waals surface area contributed by atoms with Crippen molar-refractivity contribution in [1.82, 2.24) is 10.3 Å². The molecule has 0 saturated heterocycles. The second-order valence-corrected chi connectivity index (χ2v) is 5.87. The summed E-state index contributed by atoms with van der Waals surface area (Å²) in [6, 6.07) is 12.1. The van der Waals surface area contributed by atoms with E-state index in [2.05, 4.69) is 22.4 Å². The molecule has 2 rings (SSSR count). The summed E-state index contributed by atoms with van der Waals surface area (Å²) < 4.78 is 5.15. The Bertz CT molecular complexity index is 597. The van der Waals surface area contributed by atoms with Crippen molar-refractivity contribution in [2.75, 3.05) is 13.7 Å². The maximum atomic E-state index is 11.8. The summed E-state index contributed by atoms with van der Waals surface area (Å²) in [6.07, 6.45) is 9.07. The van der Waals surface area contributed by atoms with Crippen LogP contribution in [0.5, 0.6) is 5.75 Å². The number of ether oxygens (including phenoxy) is 1. The molecule has 0 radical (unpaired) electrons. The number of hydrogen-bond donors (Lipinski definition) is 1. The van der Waals surface area contributed by atoms with Crippen LogP contribution in [0.15, 0.2) is 48.8 Å². The van der Waals surface area contributed by atoms with Gasteiger partial charge in [0.2, 0.25) is 5.91 Å². The number of unbranched alkanes of at least 4 members (excludes halogenated alkanes) is 1. The highest BCUT2D eigenvalue weighted by Gasteiger charge is 2.01. The Labute approximate surface area is 144 Å². The number of carbonyl (C=O) groups excluding carboxylic acids is 1. The zero-order chi connectivity index (χ0) is 17.0. The van der Waals surface area contributed by atoms with E-state index in [1.165, 1.54) is 11.1 Å². The average molecular weight is 326 g/mol. The summed E-state index contributed by atoms with van der Waals surface area (Å²) in [6.45, 7) is 0.752. The fraction of sp³-hybridized carbons (Fsp3) is 0.400. The van der Waals surface area contributed by atoms with Crippen LogP contribution < -0.4 is 10.1 Å². The monoisotopic (exact) mass is 326 g/mol. The van der Waals surface area contributed by atoms with Crippen molar-refractivity contribution in [2.24, 2.45) is 0 Å². The highest BCUT2D eigenvalue weighted by Crippen LogP contribution is 2.13. The summed E-state index contributed by atoms with van der Waals surface area (Å²) in [4.78, 5) is 15.9. The normalized spacial score (nSPS) is 10.4. The quantitative estimate of drug-likeness (QED) is 0.679. The zero-order valence-corrected chi connectivity index (χ0v) is 14.3. The lowest BCUT2D eigenvalue weighted by Crippen LogP contribution is -2.24. The molecule has 0 aliphatic carbocycles. The molecule has 4 nitrogen and oxygen atoms in total. The predicted molar refractivity (Wildman–Crippen MR) is 96.1 cm³/mol. The van der Waals surface area contributed by atoms with Gasteiger partial charge in [-0.15, -0.1) is 0 Å². The van der Waals surface area contributed by atoms with Gasteiger partial charge < -0.3 is 10.1 Å². The van der Waals surface area contributed by atoms with Gasteiger partial charge in [-0.3, -0.25) is 9.78 Å². The van der Waals surface area contributed by atoms with E-state index in [4.69, 9.17) is 4.74 Å². The molecular formula is C20H26N2O2. The van der Waals surface area contributed by atoms with Crippen LogP contribution in [0, 0.1) is 0 Å². The topological polar surface area (TPSA) is 51.2 Å². The number of aryl methyl sites for hydroxylation is 2. The number of hydrogen-bond acceptors (Lipinski definition) is 3. The highest BCUT2D eigenvalue weighted by molar-refractivity contribution is 5.75. The number of carbonyl (C=O) groups is 1. The lowest BCUT2D eigenvalue weighted by atomic mass is 10.1. The third-order valence-corrected chi connectivity index (χ3v) is 3.97. The number of rotatable bonds is 10. The summed E-state index contributed by atoms with van der Waals surface area (Å²) in [7, 11) is 1.68. The number of amides is 1. The maximum absolute atomic E-state index is 11.8. The molecule has 0 fully saturated rings. The molecule has 1 aromatic carbocycles. The molecule has 24 heavy (non-hydrogen) atoms. The molecule has 0 unspecified atom stereocenters. The van der Waals surface area contributed by atoms with E-state index in [0.717, 1.165) is 44.4 Å². The Balaban J connectivity index is 1.51. The smallest absolute Gasteiger partial charge is 0.220 e. The summed E-state index contributed by atoms with van der Waals surface area (Å²) in [5.74, 6) is 1.03. The Morgan fingerprint density at radius 3 is 2.54 bits per heavy atom. The number of benzene rings is 1. The van der Waals surface area contributed by atoms with E-state index in [1.54, 1.807) is 13.3 Å². The second-order valence-electron chi connectivity index (χ2n) is 5.87. The second kappa shape index (κ2) is 10.4. The molecule has 4 heteroatoms. The minimum absolute atomic E-state index is 0.142. The van der Waals surface area contributed by atoms with Crippen LogP contribution in [0.25, 0.3) is 0 Å². The van der Waals surface area contributed by atoms with Crippen molar-refractivity contribution in [3.8, 4) is 5.75 Å². The molecule has 0 atom stereocenters. The van der Waals surface area contributed by atoms with Gasteiger partial charge in [-0.05, 0) is 61.4 Å². The van der Waals surface area contributed by atoms with Crippen molar-refractivity contribution >= 4 is 5.91 Å². The predicted octanol–water partition coefficient (Wildman–Crippen LogP) is 3.55. The molecule has 1 N–H and O–H groups in total. The van der Waals surface area contributed by atoms with Gasteiger partial charge in [-0.2, -0.15) is 0 Å². The SMILES string of the molecule is COc1ccc(CCCCNC(=O)CCCc2cccnc2)cc1. The van der Waals surface area contributed by atoms with Crippen LogP contribution >= 0.6 is 0 Å². The zero-order valence-electron chi connectivity index (χ0n) is 14.3. The highest BCUT2D eigenvalue weighted by atomic mass is 16.5. The first-order valence-electron chi connectivity index (χ1n) is 8.56. The van der Waals surface area contributed by atoms with E-state index in [1.807, 2.05) is 30.5 Å². The Morgan fingerprint density at radius 1 is 1.04 bits per heavy atom. The van der Waals surface area contributed by atoms with E-state index in [0.29, 0.717) is 6.42 Å². The van der Waals surface area contributed by atoms with Crippen LogP contribution in [0.3, 0.4) is 0 Å². The van der Waals surface area contributed by atoms with Gasteiger partial charge >= 0.3 is 0 Å². The maximum Gasteiger partial charge on any atom is 0.220 e. The number of nitrogens with one attached hydrogen (secondary N) is 1. The van der Waals surface area contributed by atoms with Gasteiger partial charge in [-0.25, -0.2) is 0 Å². The van der Waals surface area contributed by atoms with Gasteiger partial charge in [-0.1, -0.05) is 18.2 Å². The molecule has 2 aromatic rings. The van der Waals surface area contributed by atoms with Gasteiger partial charge in [0.15, 0.2) is 0 Å². The van der Waals surface area contributed by atoms with Crippen molar-refractivity contribution in [2.45, 2.75) is 38.5 Å². The Hall–Kier alpha value is -2.36. The minimum Gasteiger partial charge on any atom is -0.497 e. The average Bonchev–Trinajstić information content (AvgIpc) is 2.63. The van der Waals surface area contributed by atoms with Gasteiger partial charge in [0.1, 0.15) is 5.75 Å². The molecule has 0 aliphatic rings. The molecule has 0 aliphatic heterocycles. The number of methoxy groups -OCH3 is 1. The number of pyridine rings is 1. The molecule has 1 heterocycles. The van der Waals surface area contributed by atoms with Crippen LogP contribution in [-0.2, 0) is 17.6 Å². The summed E-state index contributed by atoms with van der Waals surface area (Å²) in [5, 5.41) is 3.00. The molecule has 0 spiro atoms. The van der Waals surface area contributed by atoms with Crippen molar-refractivity contribution < 1.29 is 9.53 Å². The Kier molecular flexibility index (Phi) is 7.81. The molecule has 0 saturated carbocycles. The van der Waals surface area contributed by atoms with Crippen LogP contribution in [0.2, 0.25) is 0 Å². The third kappa shape index (κ3) is 6.82. The summed E-state index contributed by atoms with van der Waals surface area (Å²) in [5.41, 5.74) is 2.49. The number of nitrogens with zero attached hydrogens (tertiary/aromatic N) is 1. The molecule has 1 aromatic heterocycles. The van der Waals surface area contributed by atoms with Crippen molar-refractivity contribution in [3.63, 3.8) is 0 Å². The Morgan fingerprint density at radius 2 is 1.83 bits per heavy atom. The van der Waals surface area contributed by atoms with Gasteiger partial charge in [0.25, 0.3) is 0 Å². The number of aromatic nitrogens is 1. The van der Waals surface area contributed by atoms with Crippen LogP contribution in [-0.4, -0.2) is 24.5 Å². The first kappa shape index (κ1) is 18.0. The molecule has 1 amide bonds. The molecular weight excluding hydrogens is 300 g/mol. The third-order valence-electron chi connectivity index (χ3n) is 3.97. The van der Waals surface area contributed by atoms with Gasteiger partial charge in [0, 0.05) is 25.4 Å². The first-order valence-corrected chi connectivity index (χ1v) is 8.56. The standard InChI is InChI=1S/C20H26N2O2/c1-24-19-12-10-17(11-13-19)6-2-3-15-22-20(23)9-4-7-18-8-5-14-21-16-18/h5,8,10-14,16H,2-4,6-7,9,15H2,1H3,(H,22,23). The van der Waals surface area contributed by atoms with Crippen LogP contribution in [0.1, 0.15) is 36.8 Å². The fourth-order valence-electron chi connectivity index (χ4n) is 2.56. The van der Waals surface area contributed by atoms with E-state index < -0.39 is 0 Å². The molecule has 128 valence electrons. The van der Waals surface area contributed by atoms with Gasteiger partial charge in [0.05, 0.1) is 7.11 Å². The lowest BCUT2D eigenvalue weighted by molar-refractivity contribution is -0.121. The first-order chi connectivity index (χ1) is 11.8.